The number of carbonyl (C=O) groups is 1. The largest absolute Gasteiger partial charge is 0.478 e. The van der Waals surface area contributed by atoms with Gasteiger partial charge in [0.1, 0.15) is 0 Å². The van der Waals surface area contributed by atoms with Crippen molar-refractivity contribution < 1.29 is 9.90 Å². The molecule has 0 radical (unpaired) electrons. The van der Waals surface area contributed by atoms with Crippen molar-refractivity contribution in [1.29, 1.82) is 0 Å². The number of rotatable bonds is 5. The van der Waals surface area contributed by atoms with Crippen LogP contribution in [-0.2, 0) is 0 Å². The van der Waals surface area contributed by atoms with E-state index in [-0.39, 0.29) is 0 Å². The highest BCUT2D eigenvalue weighted by Crippen LogP contribution is 2.66. The Bertz CT molecular complexity index is 572. The minimum atomic E-state index is -0.817. The Hall–Kier alpha value is -1.16. The Morgan fingerprint density at radius 3 is 2.67 bits per heavy atom. The normalized spacial score (nSPS) is 35.6. The van der Waals surface area contributed by atoms with Gasteiger partial charge in [-0.05, 0) is 60.8 Å². The minimum Gasteiger partial charge on any atom is -0.478 e. The topological polar surface area (TPSA) is 49.3 Å². The first-order chi connectivity index (χ1) is 10.2. The highest BCUT2D eigenvalue weighted by molar-refractivity contribution is 7.99. The number of nitrogens with one attached hydrogen (secondary N) is 1. The molecule has 3 fully saturated rings. The maximum absolute atomic E-state index is 11.7. The Labute approximate surface area is 129 Å². The molecule has 0 aromatic heterocycles. The third kappa shape index (κ3) is 2.07. The number of hydrogen-bond donors (Lipinski definition) is 2. The molecule has 3 nitrogen and oxygen atoms in total. The summed E-state index contributed by atoms with van der Waals surface area (Å²) >= 11 is 1.61. The van der Waals surface area contributed by atoms with Crippen molar-refractivity contribution in [1.82, 2.24) is 0 Å². The number of anilines is 1. The van der Waals surface area contributed by atoms with Gasteiger partial charge in [-0.25, -0.2) is 4.79 Å². The minimum absolute atomic E-state index is 0.460. The van der Waals surface area contributed by atoms with Gasteiger partial charge in [0.2, 0.25) is 0 Å². The number of carboxylic acid groups (broad SMARTS) is 1. The fraction of sp³-hybridized carbons (Fsp3) is 0.588. The van der Waals surface area contributed by atoms with E-state index in [1.54, 1.807) is 11.8 Å². The number of hydrogen-bond acceptors (Lipinski definition) is 3. The highest BCUT2D eigenvalue weighted by Gasteiger charge is 2.65. The summed E-state index contributed by atoms with van der Waals surface area (Å²) in [4.78, 5) is 12.5. The maximum atomic E-state index is 11.7. The quantitative estimate of drug-likeness (QED) is 0.809. The van der Waals surface area contributed by atoms with Gasteiger partial charge in [-0.3, -0.25) is 0 Å². The molecule has 21 heavy (non-hydrogen) atoms. The summed E-state index contributed by atoms with van der Waals surface area (Å²) in [5, 5.41) is 13.1. The first-order valence-corrected chi connectivity index (χ1v) is 8.95. The summed E-state index contributed by atoms with van der Waals surface area (Å²) in [7, 11) is 0. The third-order valence-electron chi connectivity index (χ3n) is 5.60. The lowest BCUT2D eigenvalue weighted by Gasteiger charge is -2.15. The van der Waals surface area contributed by atoms with Crippen LogP contribution in [0.2, 0.25) is 0 Å². The molecule has 4 unspecified atom stereocenters. The zero-order chi connectivity index (χ0) is 14.6. The van der Waals surface area contributed by atoms with Crippen LogP contribution in [0.1, 0.15) is 36.5 Å². The van der Waals surface area contributed by atoms with Crippen LogP contribution in [0.3, 0.4) is 0 Å². The number of carboxylic acids is 1. The van der Waals surface area contributed by atoms with E-state index < -0.39 is 5.97 Å². The van der Waals surface area contributed by atoms with Crippen LogP contribution >= 0.6 is 11.8 Å². The molecule has 3 aliphatic rings. The molecular weight excluding hydrogens is 282 g/mol. The Balaban J connectivity index is 1.58. The van der Waals surface area contributed by atoms with Crippen molar-refractivity contribution in [3.63, 3.8) is 0 Å². The predicted octanol–water partition coefficient (Wildman–Crippen LogP) is 3.95. The van der Waals surface area contributed by atoms with Crippen LogP contribution in [0.15, 0.2) is 23.1 Å². The molecule has 0 saturated heterocycles. The molecule has 2 bridgehead atoms. The molecule has 1 aromatic rings. The van der Waals surface area contributed by atoms with Crippen molar-refractivity contribution >= 4 is 23.4 Å². The van der Waals surface area contributed by atoms with E-state index in [9.17, 15) is 9.90 Å². The molecule has 1 aromatic carbocycles. The molecular formula is C17H21NO2S. The summed E-state index contributed by atoms with van der Waals surface area (Å²) in [6.45, 7) is 2.05. The summed E-state index contributed by atoms with van der Waals surface area (Å²) in [6, 6.07) is 6.34. The molecule has 3 saturated carbocycles. The van der Waals surface area contributed by atoms with Gasteiger partial charge >= 0.3 is 5.97 Å². The lowest BCUT2D eigenvalue weighted by Crippen LogP contribution is -2.15. The number of aromatic carboxylic acids is 1. The molecule has 4 atom stereocenters. The van der Waals surface area contributed by atoms with Gasteiger partial charge in [0, 0.05) is 10.9 Å². The Morgan fingerprint density at radius 1 is 1.33 bits per heavy atom. The van der Waals surface area contributed by atoms with E-state index >= 15 is 0 Å². The van der Waals surface area contributed by atoms with E-state index in [2.05, 4.69) is 12.2 Å². The van der Waals surface area contributed by atoms with Crippen molar-refractivity contribution in [2.75, 3.05) is 11.1 Å². The predicted molar refractivity (Wildman–Crippen MR) is 85.0 cm³/mol. The van der Waals surface area contributed by atoms with Gasteiger partial charge in [-0.1, -0.05) is 13.0 Å². The van der Waals surface area contributed by atoms with Crippen LogP contribution < -0.4 is 5.32 Å². The Kier molecular flexibility index (Phi) is 3.18. The number of thioether (sulfide) groups is 1. The average molecular weight is 303 g/mol. The third-order valence-corrected chi connectivity index (χ3v) is 6.54. The second kappa shape index (κ2) is 4.94. The van der Waals surface area contributed by atoms with Crippen molar-refractivity contribution in [2.24, 2.45) is 23.7 Å². The standard InChI is InChI=1S/C17H21NO2S/c1-2-21-12-5-3-4-11(15(12)17(19)20)18-16-13-9-6-7-10(8-9)14(13)16/h3-5,9-10,13-14,16,18H,2,6-8H2,1H3,(H,19,20). The lowest BCUT2D eigenvalue weighted by molar-refractivity contribution is 0.0694. The number of benzene rings is 1. The van der Waals surface area contributed by atoms with Crippen molar-refractivity contribution in [3.8, 4) is 0 Å². The summed E-state index contributed by atoms with van der Waals surface area (Å²) in [6.07, 6.45) is 4.20. The van der Waals surface area contributed by atoms with Gasteiger partial charge in [-0.2, -0.15) is 0 Å². The highest BCUT2D eigenvalue weighted by atomic mass is 32.2. The molecule has 4 heteroatoms. The molecule has 0 spiro atoms. The van der Waals surface area contributed by atoms with E-state index in [4.69, 9.17) is 0 Å². The summed E-state index contributed by atoms with van der Waals surface area (Å²) in [5.41, 5.74) is 1.28. The first kappa shape index (κ1) is 13.5. The second-order valence-electron chi connectivity index (χ2n) is 6.57. The smallest absolute Gasteiger partial charge is 0.338 e. The molecule has 2 N–H and O–H groups in total. The monoisotopic (exact) mass is 303 g/mol. The van der Waals surface area contributed by atoms with Gasteiger partial charge in [-0.15, -0.1) is 11.8 Å². The van der Waals surface area contributed by atoms with Gasteiger partial charge in [0.25, 0.3) is 0 Å². The van der Waals surface area contributed by atoms with Gasteiger partial charge < -0.3 is 10.4 Å². The van der Waals surface area contributed by atoms with E-state index in [0.29, 0.717) is 11.6 Å². The van der Waals surface area contributed by atoms with Crippen molar-refractivity contribution in [3.05, 3.63) is 23.8 Å². The SMILES string of the molecule is CCSc1cccc(NC2C3C4CCC(C4)C23)c1C(=O)O. The van der Waals surface area contributed by atoms with Crippen LogP contribution in [0, 0.1) is 23.7 Å². The summed E-state index contributed by atoms with van der Waals surface area (Å²) < 4.78 is 0. The number of fused-ring (bicyclic) bond motifs is 5. The van der Waals surface area contributed by atoms with Gasteiger partial charge in [0.05, 0.1) is 11.3 Å². The maximum Gasteiger partial charge on any atom is 0.338 e. The van der Waals surface area contributed by atoms with Crippen LogP contribution in [-0.4, -0.2) is 22.9 Å². The van der Waals surface area contributed by atoms with E-state index in [0.717, 1.165) is 40.0 Å². The van der Waals surface area contributed by atoms with Crippen LogP contribution in [0.25, 0.3) is 0 Å². The zero-order valence-corrected chi connectivity index (χ0v) is 13.0. The average Bonchev–Trinajstić information content (AvgIpc) is 2.84. The van der Waals surface area contributed by atoms with Crippen LogP contribution in [0.5, 0.6) is 0 Å². The molecule has 0 amide bonds. The fourth-order valence-corrected chi connectivity index (χ4v) is 5.67. The molecule has 4 rings (SSSR count). The summed E-state index contributed by atoms with van der Waals surface area (Å²) in [5.74, 6) is 3.50. The molecule has 112 valence electrons. The lowest BCUT2D eigenvalue weighted by atomic mass is 10.0. The fourth-order valence-electron chi connectivity index (χ4n) is 4.85. The molecule has 3 aliphatic carbocycles. The van der Waals surface area contributed by atoms with Crippen LogP contribution in [0.4, 0.5) is 5.69 Å². The van der Waals surface area contributed by atoms with E-state index in [1.165, 1.54) is 19.3 Å². The van der Waals surface area contributed by atoms with E-state index in [1.807, 2.05) is 18.2 Å². The Morgan fingerprint density at radius 2 is 2.05 bits per heavy atom. The molecule has 0 heterocycles. The van der Waals surface area contributed by atoms with Gasteiger partial charge in [0.15, 0.2) is 0 Å². The zero-order valence-electron chi connectivity index (χ0n) is 12.2. The van der Waals surface area contributed by atoms with Crippen molar-refractivity contribution in [2.45, 2.75) is 37.1 Å². The first-order valence-electron chi connectivity index (χ1n) is 7.96. The molecule has 0 aliphatic heterocycles. The second-order valence-corrected chi connectivity index (χ2v) is 7.88.